The highest BCUT2D eigenvalue weighted by molar-refractivity contribution is 5.97. The largest absolute Gasteiger partial charge is 0.444 e. The Bertz CT molecular complexity index is 1620. The maximum Gasteiger partial charge on any atom is 0.410 e. The van der Waals surface area contributed by atoms with E-state index in [0.29, 0.717) is 44.1 Å². The maximum atomic E-state index is 14.1. The number of hydrogen-bond acceptors (Lipinski definition) is 7. The van der Waals surface area contributed by atoms with Crippen molar-refractivity contribution in [2.24, 2.45) is 0 Å². The molecule has 0 saturated carbocycles. The van der Waals surface area contributed by atoms with E-state index in [9.17, 15) is 19.2 Å². The van der Waals surface area contributed by atoms with E-state index < -0.39 is 5.60 Å². The number of halogens is 1. The van der Waals surface area contributed by atoms with Crippen molar-refractivity contribution < 1.29 is 18.7 Å². The molecule has 1 fully saturated rings. The molecule has 11 heteroatoms. The van der Waals surface area contributed by atoms with E-state index in [0.717, 1.165) is 22.5 Å². The minimum atomic E-state index is -0.637. The number of nitrogens with zero attached hydrogens (tertiary/aromatic N) is 7. The number of aryl methyl sites for hydroxylation is 1. The lowest BCUT2D eigenvalue weighted by molar-refractivity contribution is -0.121. The summed E-state index contributed by atoms with van der Waals surface area (Å²) in [5.41, 5.74) is 2.93. The average Bonchev–Trinajstić information content (AvgIpc) is 3.45. The summed E-state index contributed by atoms with van der Waals surface area (Å²) in [4.78, 5) is 42.1. The summed E-state index contributed by atoms with van der Waals surface area (Å²) >= 11 is 0. The van der Waals surface area contributed by atoms with Gasteiger partial charge in [0.15, 0.2) is 5.69 Å². The number of imidazole rings is 1. The standard InChI is InChI=1S/C34H42FN7O3/c1-22-16-40(28(18-39-17-27(14-36)38-23(39)2)19-41(22)32(44)45-33(3,4)5)20-30(43)42-21-34(6,7)31-29(42)13-25(15-37-31)12-24-8-10-26(35)11-9-24/h8-11,13,15,17,22,28H,12,16,18-21H2,1-7H3/t22-,28-/m1/s1. The van der Waals surface area contributed by atoms with E-state index in [4.69, 9.17) is 9.72 Å². The fourth-order valence-corrected chi connectivity index (χ4v) is 6.22. The van der Waals surface area contributed by atoms with Crippen molar-refractivity contribution in [2.45, 2.75) is 84.5 Å². The summed E-state index contributed by atoms with van der Waals surface area (Å²) in [6.45, 7) is 15.4. The molecule has 2 aliphatic heterocycles. The van der Waals surface area contributed by atoms with Crippen LogP contribution in [0, 0.1) is 24.1 Å². The molecule has 0 spiro atoms. The molecule has 5 rings (SSSR count). The molecule has 2 atom stereocenters. The summed E-state index contributed by atoms with van der Waals surface area (Å²) < 4.78 is 21.1. The topological polar surface area (TPSA) is 108 Å². The summed E-state index contributed by atoms with van der Waals surface area (Å²) in [6.07, 6.45) is 3.73. The number of hydrogen-bond donors (Lipinski definition) is 0. The molecule has 0 N–H and O–H groups in total. The fraction of sp³-hybridized carbons (Fsp3) is 0.500. The van der Waals surface area contributed by atoms with Crippen LogP contribution in [0.1, 0.15) is 69.9 Å². The van der Waals surface area contributed by atoms with Gasteiger partial charge in [-0.05, 0) is 70.4 Å². The van der Waals surface area contributed by atoms with Crippen LogP contribution in [-0.2, 0) is 27.9 Å². The molecule has 45 heavy (non-hydrogen) atoms. The quantitative estimate of drug-likeness (QED) is 0.391. The predicted molar refractivity (Wildman–Crippen MR) is 168 cm³/mol. The Labute approximate surface area is 264 Å². The Morgan fingerprint density at radius 1 is 1.16 bits per heavy atom. The molecule has 2 aromatic heterocycles. The SMILES string of the molecule is Cc1nc(C#N)cn1C[C@@H]1CN(C(=O)OC(C)(C)C)[C@H](C)CN1CC(=O)N1CC(C)(C)c2ncc(Cc3ccc(F)cc3)cc21. The molecule has 1 saturated heterocycles. The Balaban J connectivity index is 1.39. The molecule has 0 radical (unpaired) electrons. The molecule has 1 aromatic carbocycles. The summed E-state index contributed by atoms with van der Waals surface area (Å²) in [5.74, 6) is 0.360. The van der Waals surface area contributed by atoms with Crippen molar-refractivity contribution >= 4 is 17.7 Å². The first-order chi connectivity index (χ1) is 21.1. The first-order valence-electron chi connectivity index (χ1n) is 15.4. The second-order valence-electron chi connectivity index (χ2n) is 13.9. The van der Waals surface area contributed by atoms with Gasteiger partial charge in [-0.15, -0.1) is 0 Å². The Hall–Kier alpha value is -4.30. The van der Waals surface area contributed by atoms with Gasteiger partial charge >= 0.3 is 6.09 Å². The van der Waals surface area contributed by atoms with Crippen molar-refractivity contribution in [1.29, 1.82) is 5.26 Å². The highest BCUT2D eigenvalue weighted by Crippen LogP contribution is 2.40. The third-order valence-electron chi connectivity index (χ3n) is 8.45. The molecular weight excluding hydrogens is 573 g/mol. The number of amides is 2. The van der Waals surface area contributed by atoms with Gasteiger partial charge in [0.25, 0.3) is 0 Å². The monoisotopic (exact) mass is 615 g/mol. The first kappa shape index (κ1) is 32.1. The summed E-state index contributed by atoms with van der Waals surface area (Å²) in [6, 6.07) is 10.1. The number of benzene rings is 1. The smallest absolute Gasteiger partial charge is 0.410 e. The molecular formula is C34H42FN7O3. The van der Waals surface area contributed by atoms with Gasteiger partial charge in [-0.2, -0.15) is 5.26 Å². The highest BCUT2D eigenvalue weighted by atomic mass is 19.1. The molecule has 4 heterocycles. The van der Waals surface area contributed by atoms with Crippen molar-refractivity contribution in [3.05, 3.63) is 76.9 Å². The number of piperazine rings is 1. The number of carbonyl (C=O) groups excluding carboxylic acids is 2. The van der Waals surface area contributed by atoms with Crippen LogP contribution >= 0.6 is 0 Å². The number of aromatic nitrogens is 3. The van der Waals surface area contributed by atoms with Crippen molar-refractivity contribution in [3.63, 3.8) is 0 Å². The van der Waals surface area contributed by atoms with Crippen molar-refractivity contribution in [1.82, 2.24) is 24.3 Å². The van der Waals surface area contributed by atoms with Gasteiger partial charge in [0.2, 0.25) is 5.91 Å². The number of pyridine rings is 1. The van der Waals surface area contributed by atoms with Crippen molar-refractivity contribution in [2.75, 3.05) is 31.1 Å². The molecule has 0 aliphatic carbocycles. The van der Waals surface area contributed by atoms with Gasteiger partial charge in [0.1, 0.15) is 23.3 Å². The minimum Gasteiger partial charge on any atom is -0.444 e. The number of anilines is 1. The van der Waals surface area contributed by atoms with Crippen LogP contribution in [0.2, 0.25) is 0 Å². The van der Waals surface area contributed by atoms with Crippen LogP contribution in [0.15, 0.2) is 42.7 Å². The molecule has 0 unspecified atom stereocenters. The van der Waals surface area contributed by atoms with Crippen LogP contribution < -0.4 is 4.90 Å². The average molecular weight is 616 g/mol. The fourth-order valence-electron chi connectivity index (χ4n) is 6.22. The van der Waals surface area contributed by atoms with Gasteiger partial charge in [-0.25, -0.2) is 14.2 Å². The zero-order valence-corrected chi connectivity index (χ0v) is 27.2. The molecule has 238 valence electrons. The van der Waals surface area contributed by atoms with Gasteiger partial charge in [-0.3, -0.25) is 14.7 Å². The predicted octanol–water partition coefficient (Wildman–Crippen LogP) is 4.82. The maximum absolute atomic E-state index is 14.1. The third kappa shape index (κ3) is 7.17. The Morgan fingerprint density at radius 2 is 1.87 bits per heavy atom. The second-order valence-corrected chi connectivity index (χ2v) is 13.9. The van der Waals surface area contributed by atoms with E-state index >= 15 is 0 Å². The van der Waals surface area contributed by atoms with Crippen LogP contribution in [-0.4, -0.2) is 80.2 Å². The van der Waals surface area contributed by atoms with Crippen LogP contribution in [0.4, 0.5) is 14.9 Å². The number of rotatable bonds is 6. The van der Waals surface area contributed by atoms with E-state index in [1.807, 2.05) is 56.3 Å². The molecule has 0 bridgehead atoms. The molecule has 10 nitrogen and oxygen atoms in total. The van der Waals surface area contributed by atoms with E-state index in [2.05, 4.69) is 29.8 Å². The van der Waals surface area contributed by atoms with Crippen molar-refractivity contribution in [3.8, 4) is 6.07 Å². The normalized spacial score (nSPS) is 19.7. The van der Waals surface area contributed by atoms with Crippen LogP contribution in [0.5, 0.6) is 0 Å². The third-order valence-corrected chi connectivity index (χ3v) is 8.45. The van der Waals surface area contributed by atoms with E-state index in [-0.39, 0.29) is 41.9 Å². The van der Waals surface area contributed by atoms with E-state index in [1.54, 1.807) is 23.2 Å². The number of fused-ring (bicyclic) bond motifs is 1. The molecule has 2 amide bonds. The molecule has 2 aliphatic rings. The number of carbonyl (C=O) groups is 2. The van der Waals surface area contributed by atoms with Crippen LogP contribution in [0.25, 0.3) is 0 Å². The Morgan fingerprint density at radius 3 is 2.51 bits per heavy atom. The van der Waals surface area contributed by atoms with Gasteiger partial charge in [0, 0.05) is 56.1 Å². The zero-order chi connectivity index (χ0) is 32.7. The summed E-state index contributed by atoms with van der Waals surface area (Å²) in [7, 11) is 0. The number of nitriles is 1. The lowest BCUT2D eigenvalue weighted by atomic mass is 9.91. The lowest BCUT2D eigenvalue weighted by Crippen LogP contribution is -2.62. The summed E-state index contributed by atoms with van der Waals surface area (Å²) in [5, 5.41) is 9.39. The van der Waals surface area contributed by atoms with Gasteiger partial charge in [0.05, 0.1) is 17.9 Å². The minimum absolute atomic E-state index is 0.0504. The van der Waals surface area contributed by atoms with Gasteiger partial charge < -0.3 is 19.1 Å². The van der Waals surface area contributed by atoms with Gasteiger partial charge in [-0.1, -0.05) is 26.0 Å². The number of ether oxygens (including phenoxy) is 1. The Kier molecular flexibility index (Phi) is 8.73. The lowest BCUT2D eigenvalue weighted by Gasteiger charge is -2.45. The highest BCUT2D eigenvalue weighted by Gasteiger charge is 2.42. The zero-order valence-electron chi connectivity index (χ0n) is 27.2. The second kappa shape index (κ2) is 12.2. The van der Waals surface area contributed by atoms with E-state index in [1.165, 1.54) is 12.1 Å². The first-order valence-corrected chi connectivity index (χ1v) is 15.4. The van der Waals surface area contributed by atoms with Crippen LogP contribution in [0.3, 0.4) is 0 Å². The molecule has 3 aromatic rings.